The zero-order valence-electron chi connectivity index (χ0n) is 36.3. The standard InChI is InChI=1S/C58H69NO/c1-2-3-4-5-6-7-8-9-10-11-36-58-23-31-21-29-19-26-16-25-17-28-18-27-20-30-22-34(35(58)24-59(36)32-12-14-33(60)15-13-32)44-49-40(30)39(27)46-41(28)45-37(25)38(26)47-42(29)48-43(31)57(58)56(44)55-53(48)51(47)50(45)52(46)54(49)55/h12-15,17-18,25-26,29,31,35-39,41-43,45-57,60H,2-11,16,19-24H2,1H3. The van der Waals surface area contributed by atoms with Crippen LogP contribution >= 0.6 is 0 Å². The molecule has 26 atom stereocenters. The Kier molecular flexibility index (Phi) is 5.91. The van der Waals surface area contributed by atoms with E-state index in [1.54, 1.807) is 25.7 Å². The van der Waals surface area contributed by atoms with Crippen LogP contribution in [0.25, 0.3) is 0 Å². The minimum absolute atomic E-state index is 0.441. The van der Waals surface area contributed by atoms with E-state index in [2.05, 4.69) is 52.8 Å². The van der Waals surface area contributed by atoms with E-state index in [1.807, 2.05) is 28.9 Å². The van der Waals surface area contributed by atoms with E-state index >= 15 is 0 Å². The predicted octanol–water partition coefficient (Wildman–Crippen LogP) is 12.3. The number of benzene rings is 1. The number of phenols is 1. The van der Waals surface area contributed by atoms with Gasteiger partial charge in [0.2, 0.25) is 0 Å². The van der Waals surface area contributed by atoms with Crippen molar-refractivity contribution in [1.29, 1.82) is 0 Å². The number of fused-ring (bicyclic) bond motifs is 1. The molecule has 26 unspecified atom stereocenters. The first-order valence-electron chi connectivity index (χ1n) is 27.1. The van der Waals surface area contributed by atoms with E-state index in [4.69, 9.17) is 0 Å². The van der Waals surface area contributed by atoms with Gasteiger partial charge in [0.05, 0.1) is 0 Å². The smallest absolute Gasteiger partial charge is 0.115 e. The summed E-state index contributed by atoms with van der Waals surface area (Å²) in [6, 6.07) is 9.43. The highest BCUT2D eigenvalue weighted by Crippen LogP contribution is 2.92. The average Bonchev–Trinajstić information content (AvgIpc) is 4.11. The van der Waals surface area contributed by atoms with Crippen LogP contribution in [0.4, 0.5) is 5.69 Å². The molecule has 0 amide bonds. The van der Waals surface area contributed by atoms with Gasteiger partial charge in [-0.2, -0.15) is 0 Å². The molecule has 1 saturated heterocycles. The highest BCUT2D eigenvalue weighted by atomic mass is 16.3. The molecule has 2 nitrogen and oxygen atoms in total. The first-order valence-corrected chi connectivity index (χ1v) is 27.1. The molecular formula is C58H69NO. The van der Waals surface area contributed by atoms with Crippen molar-refractivity contribution in [3.63, 3.8) is 0 Å². The molecule has 0 bridgehead atoms. The number of aromatic hydroxyl groups is 1. The van der Waals surface area contributed by atoms with E-state index in [1.165, 1.54) is 89.3 Å². The van der Waals surface area contributed by atoms with Gasteiger partial charge < -0.3 is 10.0 Å². The van der Waals surface area contributed by atoms with Gasteiger partial charge in [0.25, 0.3) is 0 Å². The average molecular weight is 796 g/mol. The summed E-state index contributed by atoms with van der Waals surface area (Å²) in [6.07, 6.45) is 29.5. The van der Waals surface area contributed by atoms with Crippen molar-refractivity contribution in [2.24, 2.45) is 147 Å². The van der Waals surface area contributed by atoms with Crippen molar-refractivity contribution in [2.75, 3.05) is 11.4 Å². The third-order valence-electron chi connectivity index (χ3n) is 25.8. The van der Waals surface area contributed by atoms with Crippen LogP contribution in [0, 0.1) is 147 Å². The fourth-order valence-corrected chi connectivity index (χ4v) is 26.2. The van der Waals surface area contributed by atoms with E-state index in [0.29, 0.717) is 17.2 Å². The lowest BCUT2D eigenvalue weighted by atomic mass is 9.42. The molecule has 18 rings (SSSR count). The topological polar surface area (TPSA) is 23.5 Å². The monoisotopic (exact) mass is 796 g/mol. The molecule has 16 aliphatic carbocycles. The summed E-state index contributed by atoms with van der Waals surface area (Å²) >= 11 is 0. The van der Waals surface area contributed by atoms with Crippen molar-refractivity contribution in [2.45, 2.75) is 116 Å². The molecule has 11 saturated carbocycles. The molecule has 312 valence electrons. The molecule has 1 aromatic carbocycles. The first-order chi connectivity index (χ1) is 29.7. The van der Waals surface area contributed by atoms with Crippen LogP contribution < -0.4 is 4.90 Å². The molecule has 1 spiro atoms. The van der Waals surface area contributed by atoms with Gasteiger partial charge in [-0.15, -0.1) is 0 Å². The van der Waals surface area contributed by atoms with Gasteiger partial charge in [-0.1, -0.05) is 105 Å². The maximum absolute atomic E-state index is 10.6. The molecule has 17 aliphatic rings. The zero-order valence-corrected chi connectivity index (χ0v) is 36.3. The predicted molar refractivity (Wildman–Crippen MR) is 235 cm³/mol. The van der Waals surface area contributed by atoms with Gasteiger partial charge >= 0.3 is 0 Å². The summed E-state index contributed by atoms with van der Waals surface area (Å²) in [5, 5.41) is 10.6. The largest absolute Gasteiger partial charge is 0.508 e. The zero-order chi connectivity index (χ0) is 38.4. The second kappa shape index (κ2) is 10.7. The minimum Gasteiger partial charge on any atom is -0.508 e. The van der Waals surface area contributed by atoms with Crippen LogP contribution in [0.1, 0.15) is 110 Å². The van der Waals surface area contributed by atoms with Crippen LogP contribution in [-0.2, 0) is 0 Å². The first kappa shape index (κ1) is 33.3. The fourth-order valence-electron chi connectivity index (χ4n) is 26.2. The Bertz CT molecular complexity index is 2310. The normalized spacial score (nSPS) is 59.0. The van der Waals surface area contributed by atoms with E-state index in [-0.39, 0.29) is 0 Å². The minimum atomic E-state index is 0.441. The number of anilines is 1. The summed E-state index contributed by atoms with van der Waals surface area (Å²) in [5.41, 5.74) is 14.3. The molecule has 1 heterocycles. The highest BCUT2D eigenvalue weighted by Gasteiger charge is 2.88. The van der Waals surface area contributed by atoms with E-state index in [0.717, 1.165) is 142 Å². The number of rotatable bonds is 11. The Morgan fingerprint density at radius 2 is 1.33 bits per heavy atom. The molecule has 0 radical (unpaired) electrons. The SMILES string of the molecule is CCCCCCCCCCCC1N(c2ccc(O)cc2)CC2C3=C4C5C6=C(CC7=CC8=CC9CC%10CC%11CC%12CC21C1C4C2C5C4C(C76)C8C5C9C%10C6C%11C(C2C6C54)C%121)C3. The molecule has 2 heteroatoms. The molecule has 0 aromatic heterocycles. The van der Waals surface area contributed by atoms with Crippen LogP contribution in [0.15, 0.2) is 69.9 Å². The van der Waals surface area contributed by atoms with Crippen LogP contribution in [-0.4, -0.2) is 17.7 Å². The number of unbranched alkanes of at least 4 members (excludes halogenated alkanes) is 8. The summed E-state index contributed by atoms with van der Waals surface area (Å²) in [5.74, 6) is 24.9. The van der Waals surface area contributed by atoms with Crippen molar-refractivity contribution in [3.05, 3.63) is 69.9 Å². The second-order valence-corrected chi connectivity index (χ2v) is 26.2. The highest BCUT2D eigenvalue weighted by molar-refractivity contribution is 5.63. The Hall–Kier alpha value is -2.22. The van der Waals surface area contributed by atoms with Crippen LogP contribution in [0.2, 0.25) is 0 Å². The van der Waals surface area contributed by atoms with Gasteiger partial charge in [0, 0.05) is 41.4 Å². The molecular weight excluding hydrogens is 727 g/mol. The molecule has 1 aliphatic heterocycles. The summed E-state index contributed by atoms with van der Waals surface area (Å²) in [6.45, 7) is 3.63. The Labute approximate surface area is 359 Å². The van der Waals surface area contributed by atoms with Gasteiger partial charge in [-0.05, 0) is 199 Å². The van der Waals surface area contributed by atoms with Crippen molar-refractivity contribution < 1.29 is 5.11 Å². The maximum atomic E-state index is 10.6. The van der Waals surface area contributed by atoms with E-state index < -0.39 is 0 Å². The number of nitrogens with zero attached hydrogens (tertiary/aromatic N) is 1. The Morgan fingerprint density at radius 1 is 0.633 bits per heavy atom. The van der Waals surface area contributed by atoms with Crippen molar-refractivity contribution >= 4 is 5.69 Å². The third-order valence-corrected chi connectivity index (χ3v) is 25.8. The van der Waals surface area contributed by atoms with E-state index in [9.17, 15) is 5.11 Å². The second-order valence-electron chi connectivity index (χ2n) is 26.2. The van der Waals surface area contributed by atoms with Crippen LogP contribution in [0.3, 0.4) is 0 Å². The lowest BCUT2D eigenvalue weighted by Gasteiger charge is -2.62. The van der Waals surface area contributed by atoms with Gasteiger partial charge in [-0.3, -0.25) is 0 Å². The lowest BCUT2D eigenvalue weighted by molar-refractivity contribution is -0.145. The lowest BCUT2D eigenvalue weighted by Crippen LogP contribution is -2.60. The third kappa shape index (κ3) is 3.28. The van der Waals surface area contributed by atoms with Gasteiger partial charge in [-0.25, -0.2) is 0 Å². The fraction of sp³-hybridized carbons (Fsp3) is 0.759. The van der Waals surface area contributed by atoms with Crippen LogP contribution in [0.5, 0.6) is 5.75 Å². The quantitative estimate of drug-likeness (QED) is 0.178. The van der Waals surface area contributed by atoms with Crippen molar-refractivity contribution in [3.8, 4) is 5.75 Å². The summed E-state index contributed by atoms with van der Waals surface area (Å²) in [7, 11) is 0. The number of phenolic OH excluding ortho intramolecular Hbond substituents is 1. The maximum Gasteiger partial charge on any atom is 0.115 e. The summed E-state index contributed by atoms with van der Waals surface area (Å²) < 4.78 is 0. The number of hydrogen-bond donors (Lipinski definition) is 1. The Balaban J connectivity index is 0.842. The molecule has 1 N–H and O–H groups in total. The molecule has 60 heavy (non-hydrogen) atoms. The molecule has 1 aromatic rings. The number of hydrogen-bond acceptors (Lipinski definition) is 2. The van der Waals surface area contributed by atoms with Gasteiger partial charge in [0.15, 0.2) is 0 Å². The van der Waals surface area contributed by atoms with Crippen molar-refractivity contribution in [1.82, 2.24) is 0 Å². The summed E-state index contributed by atoms with van der Waals surface area (Å²) in [4.78, 5) is 3.07. The number of allylic oxidation sites excluding steroid dienone is 7. The van der Waals surface area contributed by atoms with Gasteiger partial charge in [0.1, 0.15) is 5.75 Å². The molecule has 12 fully saturated rings. The Morgan fingerprint density at radius 3 is 2.18 bits per heavy atom.